The van der Waals surface area contributed by atoms with Gasteiger partial charge in [-0.3, -0.25) is 14.8 Å². The first-order valence-electron chi connectivity index (χ1n) is 10.5. The largest absolute Gasteiger partial charge is 0.348 e. The maximum Gasteiger partial charge on any atom is 0.251 e. The molecule has 0 saturated carbocycles. The fourth-order valence-corrected chi connectivity index (χ4v) is 4.88. The highest BCUT2D eigenvalue weighted by atomic mass is 32.2. The molecule has 8 bridgehead atoms. The maximum absolute atomic E-state index is 12.8. The SMILES string of the molecule is CSc1c2ncnc1-c1cncc(c1)CNC(=O)c1cccc(c1)SNc1cncc(c1)/C=C/2. The third-order valence-corrected chi connectivity index (χ3v) is 6.77. The summed E-state index contributed by atoms with van der Waals surface area (Å²) in [6.07, 6.45) is 14.6. The number of nitrogens with one attached hydrogen (secondary N) is 2. The Morgan fingerprint density at radius 1 is 0.971 bits per heavy atom. The van der Waals surface area contributed by atoms with Gasteiger partial charge in [0.25, 0.3) is 5.91 Å². The Morgan fingerprint density at radius 3 is 2.79 bits per heavy atom. The molecule has 3 aromatic heterocycles. The zero-order chi connectivity index (χ0) is 23.3. The van der Waals surface area contributed by atoms with Crippen LogP contribution in [0.3, 0.4) is 0 Å². The third-order valence-electron chi connectivity index (χ3n) is 5.13. The summed E-state index contributed by atoms with van der Waals surface area (Å²) in [6.45, 7) is 0.360. The van der Waals surface area contributed by atoms with Gasteiger partial charge in [0.1, 0.15) is 6.33 Å². The number of benzene rings is 1. The Labute approximate surface area is 205 Å². The fraction of sp³-hybridized carbons (Fsp3) is 0.0800. The van der Waals surface area contributed by atoms with Crippen molar-refractivity contribution in [3.8, 4) is 11.3 Å². The molecule has 1 aliphatic heterocycles. The molecule has 0 atom stereocenters. The molecule has 0 unspecified atom stereocenters. The van der Waals surface area contributed by atoms with E-state index in [2.05, 4.69) is 30.0 Å². The summed E-state index contributed by atoms with van der Waals surface area (Å²) in [5.74, 6) is -0.146. The second-order valence-corrected chi connectivity index (χ2v) is 9.17. The van der Waals surface area contributed by atoms with Gasteiger partial charge in [0.05, 0.1) is 28.2 Å². The molecule has 0 aliphatic carbocycles. The summed E-state index contributed by atoms with van der Waals surface area (Å²) in [5.41, 5.74) is 5.77. The lowest BCUT2D eigenvalue weighted by molar-refractivity contribution is 0.0950. The van der Waals surface area contributed by atoms with Gasteiger partial charge in [-0.25, -0.2) is 9.97 Å². The minimum atomic E-state index is -0.146. The third kappa shape index (κ3) is 4.95. The molecule has 0 saturated heterocycles. The molecule has 9 heteroatoms. The van der Waals surface area contributed by atoms with Crippen LogP contribution in [0.15, 0.2) is 77.3 Å². The number of pyridine rings is 2. The zero-order valence-electron chi connectivity index (χ0n) is 18.2. The first kappa shape index (κ1) is 22.1. The molecule has 0 radical (unpaired) electrons. The first-order valence-corrected chi connectivity index (χ1v) is 12.5. The number of fused-ring (bicyclic) bond motifs is 9. The molecule has 4 heterocycles. The molecule has 1 aromatic carbocycles. The minimum absolute atomic E-state index is 0.146. The van der Waals surface area contributed by atoms with Crippen molar-refractivity contribution in [1.82, 2.24) is 25.3 Å². The number of rotatable bonds is 1. The van der Waals surface area contributed by atoms with Gasteiger partial charge in [-0.15, -0.1) is 11.8 Å². The highest BCUT2D eigenvalue weighted by Gasteiger charge is 2.13. The Kier molecular flexibility index (Phi) is 6.55. The molecular formula is C25H20N6OS2. The second-order valence-electron chi connectivity index (χ2n) is 7.48. The van der Waals surface area contributed by atoms with Crippen molar-refractivity contribution >= 4 is 47.5 Å². The van der Waals surface area contributed by atoms with Gasteiger partial charge in [0.15, 0.2) is 0 Å². The monoisotopic (exact) mass is 484 g/mol. The molecule has 2 N–H and O–H groups in total. The van der Waals surface area contributed by atoms with Crippen molar-refractivity contribution in [3.05, 3.63) is 89.9 Å². The molecule has 4 aromatic rings. The number of hydrogen-bond donors (Lipinski definition) is 2. The smallest absolute Gasteiger partial charge is 0.251 e. The summed E-state index contributed by atoms with van der Waals surface area (Å²) < 4.78 is 3.31. The highest BCUT2D eigenvalue weighted by molar-refractivity contribution is 8.00. The van der Waals surface area contributed by atoms with Crippen molar-refractivity contribution in [1.29, 1.82) is 0 Å². The van der Waals surface area contributed by atoms with E-state index in [1.54, 1.807) is 48.9 Å². The van der Waals surface area contributed by atoms with Crippen LogP contribution >= 0.6 is 23.7 Å². The van der Waals surface area contributed by atoms with Crippen molar-refractivity contribution < 1.29 is 4.79 Å². The minimum Gasteiger partial charge on any atom is -0.348 e. The molecule has 34 heavy (non-hydrogen) atoms. The van der Waals surface area contributed by atoms with Crippen LogP contribution in [0.1, 0.15) is 27.2 Å². The van der Waals surface area contributed by atoms with Crippen molar-refractivity contribution in [2.45, 2.75) is 16.3 Å². The molecular weight excluding hydrogens is 464 g/mol. The summed E-state index contributed by atoms with van der Waals surface area (Å²) in [7, 11) is 0. The van der Waals surface area contributed by atoms with E-state index < -0.39 is 0 Å². The molecule has 168 valence electrons. The van der Waals surface area contributed by atoms with Crippen molar-refractivity contribution in [2.24, 2.45) is 0 Å². The number of thioether (sulfide) groups is 1. The summed E-state index contributed by atoms with van der Waals surface area (Å²) in [6, 6.07) is 11.5. The molecule has 1 amide bonds. The number of carbonyl (C=O) groups is 1. The van der Waals surface area contributed by atoms with Crippen molar-refractivity contribution in [3.63, 3.8) is 0 Å². The van der Waals surface area contributed by atoms with Crippen LogP contribution in [0.4, 0.5) is 5.69 Å². The Morgan fingerprint density at radius 2 is 1.88 bits per heavy atom. The number of hydrogen-bond acceptors (Lipinski definition) is 8. The Hall–Kier alpha value is -3.69. The number of amides is 1. The summed E-state index contributed by atoms with van der Waals surface area (Å²) in [4.78, 5) is 32.4. The van der Waals surface area contributed by atoms with E-state index in [1.165, 1.54) is 11.9 Å². The normalized spacial score (nSPS) is 14.1. The van der Waals surface area contributed by atoms with E-state index >= 15 is 0 Å². The highest BCUT2D eigenvalue weighted by Crippen LogP contribution is 2.31. The van der Waals surface area contributed by atoms with Crippen LogP contribution in [0, 0.1) is 0 Å². The van der Waals surface area contributed by atoms with Gasteiger partial charge in [0, 0.05) is 41.2 Å². The molecule has 0 fully saturated rings. The van der Waals surface area contributed by atoms with Gasteiger partial charge < -0.3 is 10.0 Å². The summed E-state index contributed by atoms with van der Waals surface area (Å²) >= 11 is 3.01. The lowest BCUT2D eigenvalue weighted by Crippen LogP contribution is -2.22. The first-order chi connectivity index (χ1) is 16.7. The van der Waals surface area contributed by atoms with Crippen LogP contribution in [0.25, 0.3) is 23.4 Å². The fourth-order valence-electron chi connectivity index (χ4n) is 3.51. The number of nitrogens with zero attached hydrogens (tertiary/aromatic N) is 4. The Balaban J connectivity index is 1.60. The predicted octanol–water partition coefficient (Wildman–Crippen LogP) is 5.19. The van der Waals surface area contributed by atoms with Crippen LogP contribution in [-0.2, 0) is 6.54 Å². The van der Waals surface area contributed by atoms with Gasteiger partial charge in [0.2, 0.25) is 0 Å². The molecule has 1 aliphatic rings. The average molecular weight is 485 g/mol. The standard InChI is InChI=1S/C25H20N6OS2/c1-33-24-22-6-5-16-8-20(14-27-10-16)31-34-21-4-2-3-18(9-21)25(32)28-12-17-7-19(13-26-11-17)23(24)30-15-29-22/h2-11,13-15,31H,12H2,1H3,(H,28,32)/b6-5+. The quantitative estimate of drug-likeness (QED) is 0.282. The van der Waals surface area contributed by atoms with Crippen molar-refractivity contribution in [2.75, 3.05) is 11.0 Å². The van der Waals surface area contributed by atoms with E-state index in [0.717, 1.165) is 43.6 Å². The van der Waals surface area contributed by atoms with E-state index in [-0.39, 0.29) is 5.91 Å². The van der Waals surface area contributed by atoms with E-state index in [1.807, 2.05) is 48.7 Å². The zero-order valence-corrected chi connectivity index (χ0v) is 19.9. The number of aromatic nitrogens is 4. The van der Waals surface area contributed by atoms with Gasteiger partial charge in [-0.2, -0.15) is 0 Å². The maximum atomic E-state index is 12.8. The topological polar surface area (TPSA) is 92.7 Å². The van der Waals surface area contributed by atoms with Crippen LogP contribution in [0.2, 0.25) is 0 Å². The molecule has 0 spiro atoms. The van der Waals surface area contributed by atoms with Gasteiger partial charge in [-0.1, -0.05) is 12.1 Å². The lowest BCUT2D eigenvalue weighted by Gasteiger charge is -2.11. The van der Waals surface area contributed by atoms with Gasteiger partial charge in [-0.05, 0) is 65.7 Å². The van der Waals surface area contributed by atoms with Crippen LogP contribution in [-0.4, -0.2) is 32.1 Å². The average Bonchev–Trinajstić information content (AvgIpc) is 2.89. The van der Waals surface area contributed by atoms with E-state index in [0.29, 0.717) is 12.1 Å². The number of anilines is 1. The van der Waals surface area contributed by atoms with Crippen LogP contribution < -0.4 is 10.0 Å². The lowest BCUT2D eigenvalue weighted by atomic mass is 10.1. The van der Waals surface area contributed by atoms with Gasteiger partial charge >= 0.3 is 0 Å². The predicted molar refractivity (Wildman–Crippen MR) is 137 cm³/mol. The van der Waals surface area contributed by atoms with E-state index in [4.69, 9.17) is 0 Å². The Bertz CT molecular complexity index is 1390. The van der Waals surface area contributed by atoms with E-state index in [9.17, 15) is 4.79 Å². The second kappa shape index (κ2) is 10.1. The molecule has 7 nitrogen and oxygen atoms in total. The summed E-state index contributed by atoms with van der Waals surface area (Å²) in [5, 5.41) is 2.99. The molecule has 5 rings (SSSR count). The number of carbonyl (C=O) groups excluding carboxylic acids is 1. The van der Waals surface area contributed by atoms with Crippen LogP contribution in [0.5, 0.6) is 0 Å².